The molecule has 131 heavy (non-hydrogen) atoms. The van der Waals surface area contributed by atoms with Gasteiger partial charge in [0.25, 0.3) is 11.8 Å². The Kier molecular flexibility index (Phi) is 52.7. The number of carbonyl (C=O) groups excluding carboxylic acids is 5. The molecule has 8 N–H and O–H groups in total. The monoisotopic (exact) mass is 2020 g/mol. The van der Waals surface area contributed by atoms with Crippen molar-refractivity contribution in [1.29, 1.82) is 0 Å². The Labute approximate surface area is 806 Å². The topological polar surface area (TPSA) is 252 Å². The number of carboxylic acid groups (broad SMARTS) is 1. The van der Waals surface area contributed by atoms with E-state index in [0.29, 0.717) is 51.9 Å². The maximum Gasteiger partial charge on any atom is 0.343 e. The van der Waals surface area contributed by atoms with Gasteiger partial charge in [-0.05, 0) is 210 Å². The van der Waals surface area contributed by atoms with Crippen molar-refractivity contribution in [3.63, 3.8) is 0 Å². The van der Waals surface area contributed by atoms with E-state index in [-0.39, 0.29) is 111 Å². The number of aliphatic carboxylic acids is 1. The van der Waals surface area contributed by atoms with E-state index in [4.69, 9.17) is 59.9 Å². The van der Waals surface area contributed by atoms with Crippen molar-refractivity contribution in [2.75, 3.05) is 64.2 Å². The lowest BCUT2D eigenvalue weighted by atomic mass is 9.99. The minimum atomic E-state index is -2.35. The molecule has 718 valence electrons. The number of carbonyl (C=O) groups is 6. The lowest BCUT2D eigenvalue weighted by Crippen LogP contribution is -2.47. The highest BCUT2D eigenvalue weighted by Crippen LogP contribution is 2.56. The number of rotatable bonds is 27. The number of carboxylic acids is 1. The second kappa shape index (κ2) is 58.6. The Hall–Kier alpha value is -9.37. The van der Waals surface area contributed by atoms with Crippen LogP contribution < -0.4 is 66.4 Å². The zero-order valence-corrected chi connectivity index (χ0v) is 77.9. The fourth-order valence-corrected chi connectivity index (χ4v) is 19.4. The molecular formula is C101H133Br2Cl3F5N8O11P. The molecule has 0 bridgehead atoms. The van der Waals surface area contributed by atoms with Crippen molar-refractivity contribution in [3.05, 3.63) is 262 Å². The standard InChI is InChI=1S/C26H36NP.C24H31ClN4O3.C20H22BrClN2O3.C16H10ClF5O3.C9H10BrNO2.6CH4/c1-27(2)25-19-11-9-17-23(25)24-18-10-12-20-26(24)28(21-13-5-3-6-14-21)22-15-7-4-8-16-22;1-16(2)32-22-9-6-18(15-20(22)25)23(30)28-21(24(31)26-3)14-17-4-7-19(8-5-17)29-12-10-27-11-13-29;1-12(2)27-18-9-6-14(11-16(18)22)19(25)24-17(20(26)23-3)10-13-4-7-15(21)8-5-13;1-6(2)24-9-4-3-7(5-8(9)17)16(23)25-15-13(21)11(19)10(18)12(20)14(15)22;10-7-3-1-6(2-4-7)5-8(11)9(12)13;;;;;;/h9-12,17-22H,3-8,13-16H2,1-2H3;4-9,15-16,21,27H,10-14H2,1-3H3,(H,26,31)(H,28,30);4-9,11-12,17H,10H2,1-3H3,(H,23,26)(H,24,25);3-6H,1-2H3;1-4,8H,5,11H2,(H,12,13);6*1H4/t;;;;8-;;;;;;/m....0....../s1. The van der Waals surface area contributed by atoms with E-state index in [9.17, 15) is 50.7 Å². The van der Waals surface area contributed by atoms with Crippen LogP contribution in [0.15, 0.2) is 185 Å². The molecule has 30 heteroatoms. The summed E-state index contributed by atoms with van der Waals surface area (Å²) in [6, 6.07) is 52.6. The van der Waals surface area contributed by atoms with Crippen LogP contribution in [0.3, 0.4) is 0 Å². The van der Waals surface area contributed by atoms with Crippen LogP contribution in [0.4, 0.5) is 33.3 Å². The summed E-state index contributed by atoms with van der Waals surface area (Å²) in [7, 11) is 7.36. The van der Waals surface area contributed by atoms with Gasteiger partial charge in [0.2, 0.25) is 46.6 Å². The second-order valence-electron chi connectivity index (χ2n) is 31.1. The van der Waals surface area contributed by atoms with Crippen LogP contribution >= 0.6 is 74.6 Å². The van der Waals surface area contributed by atoms with E-state index in [1.807, 2.05) is 88.4 Å². The first-order valence-electron chi connectivity index (χ1n) is 41.5. The molecule has 3 aliphatic rings. The van der Waals surface area contributed by atoms with Crippen LogP contribution in [-0.2, 0) is 33.6 Å². The number of halogens is 10. The quantitative estimate of drug-likeness (QED) is 0.00631. The first-order valence-corrected chi connectivity index (χ1v) is 45.7. The first-order chi connectivity index (χ1) is 59.6. The highest BCUT2D eigenvalue weighted by molar-refractivity contribution is 9.10. The molecule has 0 spiro atoms. The number of likely N-dealkylation sites (N-methyl/N-ethyl adjacent to an activating group) is 2. The summed E-state index contributed by atoms with van der Waals surface area (Å²) in [4.78, 5) is 77.0. The molecule has 9 aromatic carbocycles. The molecule has 3 atom stereocenters. The molecule has 1 aliphatic heterocycles. The van der Waals surface area contributed by atoms with Crippen LogP contribution in [0.1, 0.15) is 198 Å². The molecular weight excluding hydrogens is 1890 g/mol. The Morgan fingerprint density at radius 1 is 0.496 bits per heavy atom. The smallest absolute Gasteiger partial charge is 0.343 e. The normalized spacial score (nSPS) is 13.4. The number of hydrogen-bond acceptors (Lipinski definition) is 14. The molecule has 2 aliphatic carbocycles. The van der Waals surface area contributed by atoms with Gasteiger partial charge < -0.3 is 66.2 Å². The predicted molar refractivity (Wildman–Crippen MR) is 537 cm³/mol. The number of hydrogen-bond donors (Lipinski definition) is 7. The number of piperazine rings is 1. The van der Waals surface area contributed by atoms with E-state index < -0.39 is 64.9 Å². The Bertz CT molecular complexity index is 5030. The van der Waals surface area contributed by atoms with Gasteiger partial charge in [0.1, 0.15) is 35.4 Å². The van der Waals surface area contributed by atoms with Gasteiger partial charge in [0, 0.05) is 104 Å². The SMILES string of the molecule is C.C.C.C.C.C.CC(C)Oc1ccc(C(=O)Oc2c(F)c(F)c(F)c(F)c2F)cc1Cl.CN(C)c1ccccc1-c1ccccc1P(C1CCCCC1)C1CCCCC1.CNC(=O)C(Cc1ccc(Br)cc1)NC(=O)c1ccc(OC(C)C)c(Cl)c1.CNC(=O)C(Cc1ccc(N2CCNCC2)cc1)NC(=O)c1ccc(OC(C)C)c(Cl)c1.N[C@@H](Cc1ccc(Br)cc1)C(=O)O. The van der Waals surface area contributed by atoms with Crippen molar-refractivity contribution in [1.82, 2.24) is 26.6 Å². The summed E-state index contributed by atoms with van der Waals surface area (Å²) < 4.78 is 89.0. The van der Waals surface area contributed by atoms with Gasteiger partial charge in [0.15, 0.2) is 0 Å². The minimum absolute atomic E-state index is 0. The number of nitrogens with zero attached hydrogens (tertiary/aromatic N) is 2. The lowest BCUT2D eigenvalue weighted by molar-refractivity contribution is -0.138. The summed E-state index contributed by atoms with van der Waals surface area (Å²) in [6.07, 6.45) is 15.4. The third-order valence-electron chi connectivity index (χ3n) is 20.4. The van der Waals surface area contributed by atoms with Crippen LogP contribution in [-0.4, -0.2) is 143 Å². The fourth-order valence-electron chi connectivity index (χ4n) is 14.3. The summed E-state index contributed by atoms with van der Waals surface area (Å²) in [5.41, 5.74) is 16.0. The number of nitrogens with two attached hydrogens (primary N) is 1. The summed E-state index contributed by atoms with van der Waals surface area (Å²) in [6.45, 7) is 15.0. The summed E-state index contributed by atoms with van der Waals surface area (Å²) in [5, 5.41) is 25.1. The number of para-hydroxylation sites is 1. The van der Waals surface area contributed by atoms with Crippen molar-refractivity contribution in [2.45, 2.75) is 217 Å². The van der Waals surface area contributed by atoms with Gasteiger partial charge in [-0.25, -0.2) is 18.0 Å². The molecule has 2 unspecified atom stereocenters. The number of ether oxygens (including phenoxy) is 4. The predicted octanol–water partition coefficient (Wildman–Crippen LogP) is 24.1. The molecule has 2 saturated carbocycles. The van der Waals surface area contributed by atoms with Crippen LogP contribution in [0.25, 0.3) is 11.1 Å². The highest BCUT2D eigenvalue weighted by Gasteiger charge is 2.35. The van der Waals surface area contributed by atoms with Crippen molar-refractivity contribution in [2.24, 2.45) is 5.73 Å². The number of nitrogens with one attached hydrogen (secondary N) is 5. The second-order valence-corrected chi connectivity index (χ2v) is 36.9. The van der Waals surface area contributed by atoms with E-state index >= 15 is 0 Å². The third kappa shape index (κ3) is 35.8. The van der Waals surface area contributed by atoms with Crippen molar-refractivity contribution >= 4 is 127 Å². The van der Waals surface area contributed by atoms with Gasteiger partial charge >= 0.3 is 11.9 Å². The molecule has 9 aromatic rings. The molecule has 12 rings (SSSR count). The van der Waals surface area contributed by atoms with Crippen LogP contribution in [0, 0.1) is 29.1 Å². The molecule has 0 radical (unpaired) electrons. The van der Waals surface area contributed by atoms with Crippen molar-refractivity contribution < 1.29 is 74.8 Å². The van der Waals surface area contributed by atoms with Gasteiger partial charge in [-0.2, -0.15) is 8.78 Å². The Balaban J connectivity index is 0.000000558. The van der Waals surface area contributed by atoms with Gasteiger partial charge in [-0.3, -0.25) is 24.0 Å². The van der Waals surface area contributed by atoms with Crippen LogP contribution in [0.2, 0.25) is 15.1 Å². The molecule has 1 saturated heterocycles. The van der Waals surface area contributed by atoms with Gasteiger partial charge in [0.05, 0.1) is 38.9 Å². The van der Waals surface area contributed by atoms with E-state index in [2.05, 4.69) is 148 Å². The average molecular weight is 2030 g/mol. The number of benzene rings is 9. The van der Waals surface area contributed by atoms with E-state index in [1.165, 1.54) is 100 Å². The highest BCUT2D eigenvalue weighted by atomic mass is 79.9. The van der Waals surface area contributed by atoms with Crippen molar-refractivity contribution in [3.8, 4) is 34.1 Å². The van der Waals surface area contributed by atoms with Crippen LogP contribution in [0.5, 0.6) is 23.0 Å². The first kappa shape index (κ1) is 118. The Morgan fingerprint density at radius 2 is 0.855 bits per heavy atom. The Morgan fingerprint density at radius 3 is 1.24 bits per heavy atom. The van der Waals surface area contributed by atoms with E-state index in [0.717, 1.165) is 81.0 Å². The number of esters is 1. The maximum atomic E-state index is 13.5. The van der Waals surface area contributed by atoms with Gasteiger partial charge in [-0.1, -0.05) is 237 Å². The maximum absolute atomic E-state index is 13.5. The largest absolute Gasteiger partial charge is 0.489 e. The molecule has 0 aromatic heterocycles. The molecule has 1 heterocycles. The molecule has 4 amide bonds. The number of amides is 4. The fraction of sp³-hybridized carbons (Fsp3) is 0.406. The zero-order valence-electron chi connectivity index (χ0n) is 71.6. The zero-order chi connectivity index (χ0) is 91.1. The van der Waals surface area contributed by atoms with Gasteiger partial charge in [-0.15, -0.1) is 0 Å². The molecule has 19 nitrogen and oxygen atoms in total. The minimum Gasteiger partial charge on any atom is -0.489 e. The third-order valence-corrected chi connectivity index (χ3v) is 25.9. The summed E-state index contributed by atoms with van der Waals surface area (Å²) in [5.74, 6) is -15.3. The van der Waals surface area contributed by atoms with E-state index in [1.54, 1.807) is 56.5 Å². The number of anilines is 2. The lowest BCUT2D eigenvalue weighted by Gasteiger charge is -2.39. The molecule has 3 fully saturated rings. The average Bonchev–Trinajstić information content (AvgIpc) is 0.777. The summed E-state index contributed by atoms with van der Waals surface area (Å²) >= 11 is 25.0.